The molecule has 1 N–H and O–H groups in total. The Hall–Kier alpha value is -2.37. The smallest absolute Gasteiger partial charge is 0.254 e. The van der Waals surface area contributed by atoms with Gasteiger partial charge < -0.3 is 9.80 Å². The van der Waals surface area contributed by atoms with Crippen molar-refractivity contribution in [2.75, 3.05) is 32.1 Å². The predicted octanol–water partition coefficient (Wildman–Crippen LogP) is 1.89. The van der Waals surface area contributed by atoms with E-state index in [0.717, 1.165) is 37.4 Å². The van der Waals surface area contributed by atoms with Gasteiger partial charge in [0.15, 0.2) is 0 Å². The summed E-state index contributed by atoms with van der Waals surface area (Å²) in [5.74, 6) is 1.22. The summed E-state index contributed by atoms with van der Waals surface area (Å²) in [5.41, 5.74) is 1.81. The summed E-state index contributed by atoms with van der Waals surface area (Å²) in [4.78, 5) is 20.8. The van der Waals surface area contributed by atoms with Gasteiger partial charge in [0.25, 0.3) is 5.91 Å². The molecule has 1 fully saturated rings. The third kappa shape index (κ3) is 2.95. The minimum absolute atomic E-state index is 0.0784. The number of carbonyl (C=O) groups excluding carboxylic acids is 1. The number of aromatic amines is 1. The van der Waals surface area contributed by atoms with Crippen LogP contribution < -0.4 is 4.90 Å². The van der Waals surface area contributed by atoms with E-state index >= 15 is 0 Å². The Bertz CT molecular complexity index is 638. The van der Waals surface area contributed by atoms with Crippen LogP contribution in [0, 0.1) is 0 Å². The van der Waals surface area contributed by atoms with Crippen molar-refractivity contribution in [2.45, 2.75) is 18.8 Å². The van der Waals surface area contributed by atoms with E-state index in [9.17, 15) is 4.79 Å². The largest absolute Gasteiger partial charge is 0.363 e. The van der Waals surface area contributed by atoms with Crippen molar-refractivity contribution in [3.05, 3.63) is 41.9 Å². The van der Waals surface area contributed by atoms with Crippen LogP contribution in [0.5, 0.6) is 0 Å². The standard InChI is InChI=1S/C16H21N5O/c1-20(2)15-10-12(5-7-17-15)16(22)21-9-3-4-13(11-21)14-6-8-18-19-14/h5-8,10,13H,3-4,9,11H2,1-2H3,(H,18,19). The molecule has 6 heteroatoms. The Balaban J connectivity index is 1.75. The molecular weight excluding hydrogens is 278 g/mol. The van der Waals surface area contributed by atoms with E-state index in [1.54, 1.807) is 18.5 Å². The van der Waals surface area contributed by atoms with Gasteiger partial charge in [0.1, 0.15) is 5.82 Å². The second kappa shape index (κ2) is 6.17. The minimum atomic E-state index is 0.0784. The first-order valence-electron chi connectivity index (χ1n) is 7.57. The molecular formula is C16H21N5O. The van der Waals surface area contributed by atoms with E-state index in [1.807, 2.05) is 36.0 Å². The molecule has 1 saturated heterocycles. The lowest BCUT2D eigenvalue weighted by Gasteiger charge is -2.32. The van der Waals surface area contributed by atoms with Gasteiger partial charge in [-0.1, -0.05) is 0 Å². The van der Waals surface area contributed by atoms with Crippen LogP contribution in [-0.2, 0) is 0 Å². The second-order valence-electron chi connectivity index (χ2n) is 5.90. The third-order valence-electron chi connectivity index (χ3n) is 4.12. The molecule has 2 aromatic rings. The highest BCUT2D eigenvalue weighted by atomic mass is 16.2. The Morgan fingerprint density at radius 3 is 2.95 bits per heavy atom. The van der Waals surface area contributed by atoms with E-state index in [4.69, 9.17) is 0 Å². The number of aromatic nitrogens is 3. The van der Waals surface area contributed by atoms with Crippen molar-refractivity contribution in [2.24, 2.45) is 0 Å². The molecule has 0 saturated carbocycles. The molecule has 3 heterocycles. The Kier molecular flexibility index (Phi) is 4.09. The topological polar surface area (TPSA) is 65.1 Å². The minimum Gasteiger partial charge on any atom is -0.363 e. The number of likely N-dealkylation sites (tertiary alicyclic amines) is 1. The monoisotopic (exact) mass is 299 g/mol. The van der Waals surface area contributed by atoms with Crippen molar-refractivity contribution < 1.29 is 4.79 Å². The van der Waals surface area contributed by atoms with Crippen molar-refractivity contribution in [1.29, 1.82) is 0 Å². The number of anilines is 1. The molecule has 6 nitrogen and oxygen atoms in total. The van der Waals surface area contributed by atoms with Crippen LogP contribution in [0.4, 0.5) is 5.82 Å². The lowest BCUT2D eigenvalue weighted by Crippen LogP contribution is -2.39. The number of amides is 1. The maximum Gasteiger partial charge on any atom is 0.254 e. The molecule has 0 radical (unpaired) electrons. The first-order chi connectivity index (χ1) is 10.6. The van der Waals surface area contributed by atoms with Gasteiger partial charge in [-0.2, -0.15) is 5.10 Å². The number of H-pyrrole nitrogens is 1. The van der Waals surface area contributed by atoms with Gasteiger partial charge in [-0.15, -0.1) is 0 Å². The molecule has 22 heavy (non-hydrogen) atoms. The Morgan fingerprint density at radius 1 is 1.36 bits per heavy atom. The first kappa shape index (κ1) is 14.6. The highest BCUT2D eigenvalue weighted by Gasteiger charge is 2.26. The molecule has 1 unspecified atom stereocenters. The molecule has 0 aromatic carbocycles. The average Bonchev–Trinajstić information content (AvgIpc) is 3.09. The van der Waals surface area contributed by atoms with Crippen molar-refractivity contribution in [3.63, 3.8) is 0 Å². The van der Waals surface area contributed by atoms with E-state index in [1.165, 1.54) is 0 Å². The lowest BCUT2D eigenvalue weighted by atomic mass is 9.94. The van der Waals surface area contributed by atoms with Gasteiger partial charge >= 0.3 is 0 Å². The molecule has 1 atom stereocenters. The number of carbonyl (C=O) groups is 1. The Labute approximate surface area is 130 Å². The van der Waals surface area contributed by atoms with Crippen LogP contribution in [0.15, 0.2) is 30.6 Å². The number of nitrogens with one attached hydrogen (secondary N) is 1. The molecule has 0 aliphatic carbocycles. The SMILES string of the molecule is CN(C)c1cc(C(=O)N2CCCC(c3ccn[nH]3)C2)ccn1. The molecule has 0 bridgehead atoms. The molecule has 1 aliphatic rings. The fourth-order valence-corrected chi connectivity index (χ4v) is 2.89. The van der Waals surface area contributed by atoms with Crippen molar-refractivity contribution in [1.82, 2.24) is 20.1 Å². The summed E-state index contributed by atoms with van der Waals surface area (Å²) in [6, 6.07) is 5.63. The number of hydrogen-bond acceptors (Lipinski definition) is 4. The highest BCUT2D eigenvalue weighted by molar-refractivity contribution is 5.95. The summed E-state index contributed by atoms with van der Waals surface area (Å²) in [7, 11) is 3.84. The normalized spacial score (nSPS) is 18.3. The Morgan fingerprint density at radius 2 is 2.23 bits per heavy atom. The molecule has 1 amide bonds. The zero-order valence-electron chi connectivity index (χ0n) is 13.0. The average molecular weight is 299 g/mol. The summed E-state index contributed by atoms with van der Waals surface area (Å²) in [6.07, 6.45) is 5.56. The van der Waals surface area contributed by atoms with E-state index in [0.29, 0.717) is 11.5 Å². The summed E-state index contributed by atoms with van der Waals surface area (Å²) in [5, 5.41) is 7.04. The highest BCUT2D eigenvalue weighted by Crippen LogP contribution is 2.26. The number of piperidine rings is 1. The summed E-state index contributed by atoms with van der Waals surface area (Å²) in [6.45, 7) is 1.55. The van der Waals surface area contributed by atoms with Gasteiger partial charge in [0.2, 0.25) is 0 Å². The van der Waals surface area contributed by atoms with Crippen LogP contribution in [0.25, 0.3) is 0 Å². The summed E-state index contributed by atoms with van der Waals surface area (Å²) >= 11 is 0. The summed E-state index contributed by atoms with van der Waals surface area (Å²) < 4.78 is 0. The molecule has 0 spiro atoms. The van der Waals surface area contributed by atoms with Crippen LogP contribution in [0.3, 0.4) is 0 Å². The lowest BCUT2D eigenvalue weighted by molar-refractivity contribution is 0.0706. The molecule has 2 aromatic heterocycles. The van der Waals surface area contributed by atoms with Gasteiger partial charge in [0, 0.05) is 56.8 Å². The van der Waals surface area contributed by atoms with E-state index < -0.39 is 0 Å². The third-order valence-corrected chi connectivity index (χ3v) is 4.12. The number of hydrogen-bond donors (Lipinski definition) is 1. The molecule has 3 rings (SSSR count). The number of nitrogens with zero attached hydrogens (tertiary/aromatic N) is 4. The fraction of sp³-hybridized carbons (Fsp3) is 0.438. The van der Waals surface area contributed by atoms with Gasteiger partial charge in [-0.3, -0.25) is 9.89 Å². The van der Waals surface area contributed by atoms with Gasteiger partial charge in [0.05, 0.1) is 0 Å². The molecule has 1 aliphatic heterocycles. The van der Waals surface area contributed by atoms with Crippen LogP contribution in [-0.4, -0.2) is 53.2 Å². The molecule has 116 valence electrons. The fourth-order valence-electron chi connectivity index (χ4n) is 2.89. The van der Waals surface area contributed by atoms with E-state index in [-0.39, 0.29) is 5.91 Å². The van der Waals surface area contributed by atoms with Gasteiger partial charge in [-0.25, -0.2) is 4.98 Å². The van der Waals surface area contributed by atoms with Gasteiger partial charge in [-0.05, 0) is 31.0 Å². The first-order valence-corrected chi connectivity index (χ1v) is 7.57. The van der Waals surface area contributed by atoms with Crippen molar-refractivity contribution >= 4 is 11.7 Å². The zero-order chi connectivity index (χ0) is 15.5. The van der Waals surface area contributed by atoms with E-state index in [2.05, 4.69) is 15.2 Å². The number of rotatable bonds is 3. The van der Waals surface area contributed by atoms with Crippen LogP contribution in [0.2, 0.25) is 0 Å². The van der Waals surface area contributed by atoms with Crippen LogP contribution >= 0.6 is 0 Å². The number of pyridine rings is 1. The van der Waals surface area contributed by atoms with Crippen LogP contribution in [0.1, 0.15) is 34.8 Å². The van der Waals surface area contributed by atoms with Crippen molar-refractivity contribution in [3.8, 4) is 0 Å². The maximum atomic E-state index is 12.7. The maximum absolute atomic E-state index is 12.7. The zero-order valence-corrected chi connectivity index (χ0v) is 13.0. The predicted molar refractivity (Wildman–Crippen MR) is 85.0 cm³/mol. The second-order valence-corrected chi connectivity index (χ2v) is 5.90. The quantitative estimate of drug-likeness (QED) is 0.940.